The van der Waals surface area contributed by atoms with Crippen LogP contribution in [0.4, 0.5) is 0 Å². The molecule has 0 bridgehead atoms. The molecule has 1 saturated heterocycles. The summed E-state index contributed by atoms with van der Waals surface area (Å²) in [5, 5.41) is 4.69. The summed E-state index contributed by atoms with van der Waals surface area (Å²) in [4.78, 5) is 3.54. The van der Waals surface area contributed by atoms with Crippen LogP contribution < -0.4 is 10.1 Å². The molecular weight excluding hydrogens is 292 g/mol. The minimum absolute atomic E-state index is 0.575. The van der Waals surface area contributed by atoms with Gasteiger partial charge in [0.1, 0.15) is 5.75 Å². The number of hydrogen-bond donors (Lipinski definition) is 2. The first-order valence-electron chi connectivity index (χ1n) is 6.35. The molecule has 2 N–H and O–H groups in total. The molecule has 0 saturated carbocycles. The molecular formula is C14H17BrN2O. The summed E-state index contributed by atoms with van der Waals surface area (Å²) < 4.78 is 6.47. The average molecular weight is 309 g/mol. The number of H-pyrrole nitrogens is 1. The molecule has 2 heterocycles. The number of piperidine rings is 1. The number of benzene rings is 1. The van der Waals surface area contributed by atoms with Crippen molar-refractivity contribution in [2.75, 3.05) is 20.2 Å². The predicted octanol–water partition coefficient (Wildman–Crippen LogP) is 3.41. The lowest BCUT2D eigenvalue weighted by Gasteiger charge is -2.22. The van der Waals surface area contributed by atoms with Crippen LogP contribution in [-0.4, -0.2) is 25.2 Å². The van der Waals surface area contributed by atoms with E-state index in [4.69, 9.17) is 4.74 Å². The van der Waals surface area contributed by atoms with E-state index in [9.17, 15) is 0 Å². The van der Waals surface area contributed by atoms with Gasteiger partial charge in [-0.05, 0) is 47.4 Å². The van der Waals surface area contributed by atoms with E-state index >= 15 is 0 Å². The van der Waals surface area contributed by atoms with Gasteiger partial charge in [0.25, 0.3) is 0 Å². The zero-order chi connectivity index (χ0) is 12.5. The molecule has 18 heavy (non-hydrogen) atoms. The van der Waals surface area contributed by atoms with E-state index in [-0.39, 0.29) is 0 Å². The second-order valence-electron chi connectivity index (χ2n) is 4.81. The van der Waals surface area contributed by atoms with E-state index in [2.05, 4.69) is 38.4 Å². The van der Waals surface area contributed by atoms with Crippen molar-refractivity contribution in [1.82, 2.24) is 10.3 Å². The van der Waals surface area contributed by atoms with Crippen LogP contribution >= 0.6 is 15.9 Å². The Morgan fingerprint density at radius 1 is 1.39 bits per heavy atom. The Morgan fingerprint density at radius 3 is 3.00 bits per heavy atom. The van der Waals surface area contributed by atoms with Crippen molar-refractivity contribution in [3.05, 3.63) is 28.4 Å². The van der Waals surface area contributed by atoms with Crippen molar-refractivity contribution in [2.45, 2.75) is 18.8 Å². The van der Waals surface area contributed by atoms with Gasteiger partial charge in [-0.3, -0.25) is 0 Å². The molecule has 0 radical (unpaired) electrons. The van der Waals surface area contributed by atoms with E-state index in [1.54, 1.807) is 7.11 Å². The molecule has 2 aromatic rings. The van der Waals surface area contributed by atoms with Gasteiger partial charge in [-0.15, -0.1) is 0 Å². The van der Waals surface area contributed by atoms with Crippen molar-refractivity contribution in [3.63, 3.8) is 0 Å². The zero-order valence-electron chi connectivity index (χ0n) is 10.4. The first-order chi connectivity index (χ1) is 8.79. The van der Waals surface area contributed by atoms with Gasteiger partial charge in [0.15, 0.2) is 0 Å². The predicted molar refractivity (Wildman–Crippen MR) is 77.4 cm³/mol. The Labute approximate surface area is 115 Å². The van der Waals surface area contributed by atoms with Crippen LogP contribution in [0.5, 0.6) is 5.75 Å². The number of fused-ring (bicyclic) bond motifs is 1. The minimum Gasteiger partial charge on any atom is -0.497 e. The van der Waals surface area contributed by atoms with Gasteiger partial charge in [-0.25, -0.2) is 0 Å². The summed E-state index contributed by atoms with van der Waals surface area (Å²) >= 11 is 3.73. The van der Waals surface area contributed by atoms with Crippen molar-refractivity contribution < 1.29 is 4.74 Å². The maximum Gasteiger partial charge on any atom is 0.120 e. The summed E-state index contributed by atoms with van der Waals surface area (Å²) in [5.41, 5.74) is 2.45. The van der Waals surface area contributed by atoms with Crippen LogP contribution in [0, 0.1) is 0 Å². The highest BCUT2D eigenvalue weighted by molar-refractivity contribution is 9.10. The fourth-order valence-corrected chi connectivity index (χ4v) is 3.44. The van der Waals surface area contributed by atoms with Gasteiger partial charge >= 0.3 is 0 Å². The molecule has 3 nitrogen and oxygen atoms in total. The molecule has 3 rings (SSSR count). The second kappa shape index (κ2) is 4.94. The topological polar surface area (TPSA) is 37.0 Å². The van der Waals surface area contributed by atoms with Gasteiger partial charge in [0, 0.05) is 34.1 Å². The number of rotatable bonds is 2. The van der Waals surface area contributed by atoms with Gasteiger partial charge < -0.3 is 15.0 Å². The summed E-state index contributed by atoms with van der Waals surface area (Å²) in [6.07, 6.45) is 2.49. The highest BCUT2D eigenvalue weighted by Crippen LogP contribution is 2.36. The largest absolute Gasteiger partial charge is 0.497 e. The Balaban J connectivity index is 2.04. The fraction of sp³-hybridized carbons (Fsp3) is 0.429. The molecule has 1 fully saturated rings. The van der Waals surface area contributed by atoms with Gasteiger partial charge in [-0.1, -0.05) is 0 Å². The molecule has 96 valence electrons. The molecule has 0 amide bonds. The third kappa shape index (κ3) is 2.04. The molecule has 0 aliphatic carbocycles. The van der Waals surface area contributed by atoms with E-state index < -0.39 is 0 Å². The lowest BCUT2D eigenvalue weighted by molar-refractivity contribution is 0.415. The number of aromatic amines is 1. The van der Waals surface area contributed by atoms with Crippen LogP contribution in [0.3, 0.4) is 0 Å². The molecule has 0 spiro atoms. The van der Waals surface area contributed by atoms with Crippen LogP contribution in [0.1, 0.15) is 24.5 Å². The number of ether oxygens (including phenoxy) is 1. The Bertz CT molecular complexity index is 558. The number of nitrogens with one attached hydrogen (secondary N) is 2. The first-order valence-corrected chi connectivity index (χ1v) is 7.14. The van der Waals surface area contributed by atoms with Gasteiger partial charge in [0.05, 0.1) is 12.6 Å². The lowest BCUT2D eigenvalue weighted by Crippen LogP contribution is -2.28. The van der Waals surface area contributed by atoms with E-state index in [0.29, 0.717) is 5.92 Å². The fourth-order valence-electron chi connectivity index (χ4n) is 2.67. The van der Waals surface area contributed by atoms with Crippen LogP contribution in [0.25, 0.3) is 10.9 Å². The SMILES string of the molecule is COc1ccc2c(Br)c(C3CCCNC3)[nH]c2c1. The minimum atomic E-state index is 0.575. The maximum absolute atomic E-state index is 5.27. The summed E-state index contributed by atoms with van der Waals surface area (Å²) in [6.45, 7) is 2.20. The normalized spacial score (nSPS) is 20.2. The quantitative estimate of drug-likeness (QED) is 0.892. The zero-order valence-corrected chi connectivity index (χ0v) is 12.0. The molecule has 1 atom stereocenters. The highest BCUT2D eigenvalue weighted by Gasteiger charge is 2.20. The summed E-state index contributed by atoms with van der Waals surface area (Å²) in [5.74, 6) is 1.47. The van der Waals surface area contributed by atoms with E-state index in [1.807, 2.05) is 6.07 Å². The van der Waals surface area contributed by atoms with Crippen LogP contribution in [-0.2, 0) is 0 Å². The standard InChI is InChI=1S/C14H17BrN2O/c1-18-10-4-5-11-12(7-10)17-14(13(11)15)9-3-2-6-16-8-9/h4-5,7,9,16-17H,2-3,6,8H2,1H3. The number of methoxy groups -OCH3 is 1. The molecule has 1 aliphatic heterocycles. The third-order valence-electron chi connectivity index (χ3n) is 3.67. The number of aromatic nitrogens is 1. The summed E-state index contributed by atoms with van der Waals surface area (Å²) in [6, 6.07) is 6.16. The maximum atomic E-state index is 5.27. The Kier molecular flexibility index (Phi) is 3.31. The third-order valence-corrected chi connectivity index (χ3v) is 4.53. The van der Waals surface area contributed by atoms with Crippen molar-refractivity contribution in [2.24, 2.45) is 0 Å². The van der Waals surface area contributed by atoms with Crippen molar-refractivity contribution >= 4 is 26.8 Å². The van der Waals surface area contributed by atoms with E-state index in [1.165, 1.54) is 28.4 Å². The van der Waals surface area contributed by atoms with E-state index in [0.717, 1.165) is 24.4 Å². The molecule has 4 heteroatoms. The summed E-state index contributed by atoms with van der Waals surface area (Å²) in [7, 11) is 1.70. The molecule has 1 aromatic carbocycles. The molecule has 1 aromatic heterocycles. The Morgan fingerprint density at radius 2 is 2.28 bits per heavy atom. The van der Waals surface area contributed by atoms with Crippen molar-refractivity contribution in [3.8, 4) is 5.75 Å². The van der Waals surface area contributed by atoms with Crippen molar-refractivity contribution in [1.29, 1.82) is 0 Å². The monoisotopic (exact) mass is 308 g/mol. The van der Waals surface area contributed by atoms with Gasteiger partial charge in [0.2, 0.25) is 0 Å². The van der Waals surface area contributed by atoms with Gasteiger partial charge in [-0.2, -0.15) is 0 Å². The smallest absolute Gasteiger partial charge is 0.120 e. The van der Waals surface area contributed by atoms with Crippen LogP contribution in [0.15, 0.2) is 22.7 Å². The molecule has 1 unspecified atom stereocenters. The highest BCUT2D eigenvalue weighted by atomic mass is 79.9. The average Bonchev–Trinajstić information content (AvgIpc) is 2.76. The van der Waals surface area contributed by atoms with Crippen LogP contribution in [0.2, 0.25) is 0 Å². The Hall–Kier alpha value is -1.00. The number of halogens is 1. The molecule has 1 aliphatic rings. The second-order valence-corrected chi connectivity index (χ2v) is 5.60. The lowest BCUT2D eigenvalue weighted by atomic mass is 9.96. The first kappa shape index (κ1) is 12.1. The number of hydrogen-bond acceptors (Lipinski definition) is 2.